The van der Waals surface area contributed by atoms with Crippen molar-refractivity contribution in [3.63, 3.8) is 0 Å². The quantitative estimate of drug-likeness (QED) is 0.282. The first-order valence-electron chi connectivity index (χ1n) is 10.5. The van der Waals surface area contributed by atoms with Crippen molar-refractivity contribution in [2.45, 2.75) is 19.5 Å². The zero-order chi connectivity index (χ0) is 26.2. The molecule has 2 heterocycles. The molecule has 2 aromatic heterocycles. The average molecular weight is 503 g/mol. The number of benzene rings is 2. The molecule has 36 heavy (non-hydrogen) atoms. The summed E-state index contributed by atoms with van der Waals surface area (Å²) >= 11 is 0. The summed E-state index contributed by atoms with van der Waals surface area (Å²) in [5.41, 5.74) is 6.21. The molecule has 0 aliphatic rings. The van der Waals surface area contributed by atoms with Gasteiger partial charge in [-0.05, 0) is 48.9 Å². The molecule has 0 atom stereocenters. The number of aryl methyl sites for hydroxylation is 1. The number of ketones is 1. The maximum Gasteiger partial charge on any atom is 0.390 e. The number of nitrogens with zero attached hydrogens (tertiary/aromatic N) is 3. The van der Waals surface area contributed by atoms with Crippen LogP contribution in [-0.4, -0.2) is 39.0 Å². The summed E-state index contributed by atoms with van der Waals surface area (Å²) < 4.78 is 67.3. The predicted octanol–water partition coefficient (Wildman–Crippen LogP) is 4.68. The van der Waals surface area contributed by atoms with Crippen LogP contribution in [0, 0.1) is 18.6 Å². The molecule has 0 saturated carbocycles. The largest absolute Gasteiger partial charge is 0.390 e. The number of alkyl halides is 3. The van der Waals surface area contributed by atoms with Gasteiger partial charge in [-0.25, -0.2) is 18.3 Å². The molecule has 2 aromatic carbocycles. The first-order valence-corrected chi connectivity index (χ1v) is 10.5. The molecule has 7 nitrogen and oxygen atoms in total. The van der Waals surface area contributed by atoms with E-state index in [9.17, 15) is 31.5 Å². The van der Waals surface area contributed by atoms with Crippen molar-refractivity contribution in [3.05, 3.63) is 82.7 Å². The number of hydrogen-bond donors (Lipinski definition) is 2. The number of primary amides is 1. The van der Waals surface area contributed by atoms with Crippen LogP contribution < -0.4 is 11.1 Å². The zero-order valence-corrected chi connectivity index (χ0v) is 18.7. The van der Waals surface area contributed by atoms with Gasteiger partial charge >= 0.3 is 6.18 Å². The third-order valence-electron chi connectivity index (χ3n) is 5.38. The Morgan fingerprint density at radius 3 is 2.47 bits per heavy atom. The summed E-state index contributed by atoms with van der Waals surface area (Å²) in [5.74, 6) is -3.44. The highest BCUT2D eigenvalue weighted by Crippen LogP contribution is 2.28. The summed E-state index contributed by atoms with van der Waals surface area (Å²) in [6, 6.07) is 8.16. The predicted molar refractivity (Wildman–Crippen MR) is 121 cm³/mol. The van der Waals surface area contributed by atoms with Crippen molar-refractivity contribution < 1.29 is 31.5 Å². The number of anilines is 1. The molecule has 186 valence electrons. The van der Waals surface area contributed by atoms with Crippen LogP contribution >= 0.6 is 0 Å². The Morgan fingerprint density at radius 1 is 1.06 bits per heavy atom. The molecule has 0 aliphatic heterocycles. The minimum Gasteiger partial charge on any atom is -0.382 e. The molecular formula is C24H18F5N5O2. The molecule has 0 unspecified atom stereocenters. The van der Waals surface area contributed by atoms with Gasteiger partial charge in [0.25, 0.3) is 0 Å². The molecule has 0 radical (unpaired) electrons. The first kappa shape index (κ1) is 24.8. The fraction of sp³-hybridized carbons (Fsp3) is 0.167. The third-order valence-corrected chi connectivity index (χ3v) is 5.38. The van der Waals surface area contributed by atoms with Gasteiger partial charge in [0.1, 0.15) is 17.3 Å². The SMILES string of the molecule is Cc1cc(-c2cnc3c(NCCC(F)(F)F)cc(C(=O)c4cc(F)ccc4F)nn23)ccc1C(N)=O. The number of aromatic nitrogens is 3. The van der Waals surface area contributed by atoms with Crippen molar-refractivity contribution in [3.8, 4) is 11.3 Å². The number of fused-ring (bicyclic) bond motifs is 1. The van der Waals surface area contributed by atoms with E-state index < -0.39 is 48.0 Å². The molecule has 12 heteroatoms. The summed E-state index contributed by atoms with van der Waals surface area (Å²) in [5, 5.41) is 6.82. The highest BCUT2D eigenvalue weighted by Gasteiger charge is 2.27. The number of rotatable bonds is 7. The number of amides is 1. The van der Waals surface area contributed by atoms with Gasteiger partial charge in [0.2, 0.25) is 11.7 Å². The second kappa shape index (κ2) is 9.36. The van der Waals surface area contributed by atoms with Gasteiger partial charge < -0.3 is 11.1 Å². The van der Waals surface area contributed by atoms with Crippen molar-refractivity contribution in [1.82, 2.24) is 14.6 Å². The van der Waals surface area contributed by atoms with Crippen LogP contribution in [0.2, 0.25) is 0 Å². The van der Waals surface area contributed by atoms with Gasteiger partial charge in [0.15, 0.2) is 5.65 Å². The first-order chi connectivity index (χ1) is 16.9. The fourth-order valence-corrected chi connectivity index (χ4v) is 3.65. The van der Waals surface area contributed by atoms with Gasteiger partial charge in [-0.1, -0.05) is 6.07 Å². The zero-order valence-electron chi connectivity index (χ0n) is 18.7. The summed E-state index contributed by atoms with van der Waals surface area (Å²) in [6.45, 7) is 1.13. The number of carbonyl (C=O) groups is 2. The second-order valence-electron chi connectivity index (χ2n) is 7.96. The Bertz CT molecular complexity index is 1500. The number of nitrogens with two attached hydrogens (primary N) is 1. The van der Waals surface area contributed by atoms with Gasteiger partial charge in [0, 0.05) is 17.7 Å². The molecule has 4 rings (SSSR count). The van der Waals surface area contributed by atoms with E-state index in [1.807, 2.05) is 0 Å². The van der Waals surface area contributed by atoms with Crippen LogP contribution in [0.3, 0.4) is 0 Å². The average Bonchev–Trinajstić information content (AvgIpc) is 3.23. The molecular weight excluding hydrogens is 485 g/mol. The molecule has 0 bridgehead atoms. The Morgan fingerprint density at radius 2 is 1.81 bits per heavy atom. The van der Waals surface area contributed by atoms with Crippen molar-refractivity contribution >= 4 is 23.0 Å². The smallest absolute Gasteiger partial charge is 0.382 e. The Balaban J connectivity index is 1.85. The van der Waals surface area contributed by atoms with Gasteiger partial charge in [-0.3, -0.25) is 9.59 Å². The third kappa shape index (κ3) is 5.02. The van der Waals surface area contributed by atoms with Crippen molar-refractivity contribution in [2.24, 2.45) is 5.73 Å². The standard InChI is InChI=1S/C24H18F5N5O2/c1-12-8-13(2-4-15(12)22(30)36)20-11-32-23-19(31-7-6-24(27,28)29)10-18(33-34(20)23)21(35)16-9-14(25)3-5-17(16)26/h2-5,8-11,31H,6-7H2,1H3,(H2,30,36). The Kier molecular flexibility index (Phi) is 6.44. The lowest BCUT2D eigenvalue weighted by molar-refractivity contribution is -0.131. The van der Waals surface area contributed by atoms with E-state index in [2.05, 4.69) is 15.4 Å². The minimum atomic E-state index is -4.43. The van der Waals surface area contributed by atoms with Crippen LogP contribution in [0.15, 0.2) is 48.7 Å². The topological polar surface area (TPSA) is 102 Å². The van der Waals surface area contributed by atoms with E-state index in [4.69, 9.17) is 5.73 Å². The Hall–Kier alpha value is -4.35. The van der Waals surface area contributed by atoms with E-state index >= 15 is 0 Å². The van der Waals surface area contributed by atoms with E-state index in [-0.39, 0.29) is 22.6 Å². The van der Waals surface area contributed by atoms with Crippen LogP contribution in [0.25, 0.3) is 16.9 Å². The maximum absolute atomic E-state index is 14.3. The molecule has 0 fully saturated rings. The number of carbonyl (C=O) groups excluding carboxylic acids is 2. The molecule has 1 amide bonds. The van der Waals surface area contributed by atoms with E-state index in [0.29, 0.717) is 22.9 Å². The molecule has 0 saturated heterocycles. The number of halogens is 5. The second-order valence-corrected chi connectivity index (χ2v) is 7.96. The number of nitrogens with one attached hydrogen (secondary N) is 1. The van der Waals surface area contributed by atoms with Crippen LogP contribution in [-0.2, 0) is 0 Å². The lowest BCUT2D eigenvalue weighted by Crippen LogP contribution is -2.17. The van der Waals surface area contributed by atoms with Crippen molar-refractivity contribution in [2.75, 3.05) is 11.9 Å². The number of imidazole rings is 1. The van der Waals surface area contributed by atoms with Crippen molar-refractivity contribution in [1.29, 1.82) is 0 Å². The van der Waals surface area contributed by atoms with Gasteiger partial charge in [-0.2, -0.15) is 18.3 Å². The highest BCUT2D eigenvalue weighted by atomic mass is 19.4. The van der Waals surface area contributed by atoms with Gasteiger partial charge in [0.05, 0.1) is 29.6 Å². The van der Waals surface area contributed by atoms with Crippen LogP contribution in [0.4, 0.5) is 27.6 Å². The summed E-state index contributed by atoms with van der Waals surface area (Å²) in [6.07, 6.45) is -4.21. The van der Waals surface area contributed by atoms with Crippen LogP contribution in [0.5, 0.6) is 0 Å². The molecule has 3 N–H and O–H groups in total. The van der Waals surface area contributed by atoms with E-state index in [0.717, 1.165) is 18.2 Å². The summed E-state index contributed by atoms with van der Waals surface area (Å²) in [4.78, 5) is 28.8. The van der Waals surface area contributed by atoms with Crippen LogP contribution in [0.1, 0.15) is 38.4 Å². The highest BCUT2D eigenvalue weighted by molar-refractivity contribution is 6.08. The number of hydrogen-bond acceptors (Lipinski definition) is 5. The molecule has 0 spiro atoms. The maximum atomic E-state index is 14.3. The lowest BCUT2D eigenvalue weighted by Gasteiger charge is -2.12. The van der Waals surface area contributed by atoms with E-state index in [1.165, 1.54) is 16.8 Å². The fourth-order valence-electron chi connectivity index (χ4n) is 3.65. The van der Waals surface area contributed by atoms with Gasteiger partial charge in [-0.15, -0.1) is 0 Å². The normalized spacial score (nSPS) is 11.6. The monoisotopic (exact) mass is 503 g/mol. The minimum absolute atomic E-state index is 0.0335. The van der Waals surface area contributed by atoms with E-state index in [1.54, 1.807) is 19.1 Å². The molecule has 0 aliphatic carbocycles. The lowest BCUT2D eigenvalue weighted by atomic mass is 10.0. The molecule has 4 aromatic rings. The summed E-state index contributed by atoms with van der Waals surface area (Å²) in [7, 11) is 0. The Labute approximate surface area is 200 Å².